The number of para-hydroxylation sites is 4. The number of carbonyl (C=O) groups is 2. The molecule has 2 amide bonds. The second kappa shape index (κ2) is 10.9. The van der Waals surface area contributed by atoms with Gasteiger partial charge in [0.15, 0.2) is 5.16 Å². The maximum atomic E-state index is 13.2. The van der Waals surface area contributed by atoms with Crippen LogP contribution in [-0.4, -0.2) is 44.6 Å². The van der Waals surface area contributed by atoms with Gasteiger partial charge in [0.25, 0.3) is 0 Å². The van der Waals surface area contributed by atoms with Crippen LogP contribution in [0.15, 0.2) is 84.0 Å². The summed E-state index contributed by atoms with van der Waals surface area (Å²) in [4.78, 5) is 32.6. The predicted octanol–water partition coefficient (Wildman–Crippen LogP) is 4.87. The smallest absolute Gasteiger partial charge is 0.247 e. The largest absolute Gasteiger partial charge is 0.487 e. The zero-order chi connectivity index (χ0) is 24.9. The van der Waals surface area contributed by atoms with Crippen LogP contribution in [0.3, 0.4) is 0 Å². The molecule has 2 heterocycles. The molecule has 1 aliphatic rings. The first kappa shape index (κ1) is 23.9. The van der Waals surface area contributed by atoms with Crippen LogP contribution in [-0.2, 0) is 23.2 Å². The number of ether oxygens (including phenoxy) is 1. The summed E-state index contributed by atoms with van der Waals surface area (Å²) in [6.45, 7) is 0.980. The third-order valence-electron chi connectivity index (χ3n) is 6.33. The van der Waals surface area contributed by atoms with Gasteiger partial charge < -0.3 is 19.5 Å². The van der Waals surface area contributed by atoms with Gasteiger partial charge in [-0.25, -0.2) is 4.98 Å². The van der Waals surface area contributed by atoms with E-state index in [0.717, 1.165) is 28.2 Å². The number of fused-ring (bicyclic) bond motifs is 1. The molecule has 0 bridgehead atoms. The molecule has 1 saturated heterocycles. The summed E-state index contributed by atoms with van der Waals surface area (Å²) in [7, 11) is 1.95. The third-order valence-corrected chi connectivity index (χ3v) is 7.34. The van der Waals surface area contributed by atoms with E-state index >= 15 is 0 Å². The summed E-state index contributed by atoms with van der Waals surface area (Å²) in [6, 6.07) is 24.7. The molecule has 1 N–H and O–H groups in total. The molecule has 184 valence electrons. The van der Waals surface area contributed by atoms with Crippen LogP contribution in [0.1, 0.15) is 18.4 Å². The normalized spacial score (nSPS) is 15.2. The Labute approximate surface area is 214 Å². The lowest BCUT2D eigenvalue weighted by atomic mass is 10.2. The Morgan fingerprint density at radius 2 is 1.78 bits per heavy atom. The van der Waals surface area contributed by atoms with Gasteiger partial charge in [0.05, 0.1) is 22.5 Å². The van der Waals surface area contributed by atoms with E-state index in [4.69, 9.17) is 4.74 Å². The van der Waals surface area contributed by atoms with Crippen molar-refractivity contribution >= 4 is 40.3 Å². The number of hydrogen-bond donors (Lipinski definition) is 1. The van der Waals surface area contributed by atoms with Crippen LogP contribution in [0.4, 0.5) is 5.69 Å². The van der Waals surface area contributed by atoms with Crippen molar-refractivity contribution in [1.82, 2.24) is 14.5 Å². The number of aryl methyl sites for hydroxylation is 1. The molecule has 5 rings (SSSR count). The van der Waals surface area contributed by atoms with Crippen molar-refractivity contribution in [3.8, 4) is 5.75 Å². The van der Waals surface area contributed by atoms with Gasteiger partial charge in [0.2, 0.25) is 11.8 Å². The summed E-state index contributed by atoms with van der Waals surface area (Å²) in [5.74, 6) is 0.586. The SMILES string of the molecule is Cn1c(SCC(=O)N2CCC[C@H]2C(=O)Nc2ccccc2OCc2ccccc2)nc2ccccc21. The summed E-state index contributed by atoms with van der Waals surface area (Å²) < 4.78 is 7.97. The van der Waals surface area contributed by atoms with E-state index in [0.29, 0.717) is 31.0 Å². The number of anilines is 1. The van der Waals surface area contributed by atoms with Crippen molar-refractivity contribution in [2.24, 2.45) is 7.05 Å². The Kier molecular flexibility index (Phi) is 7.23. The van der Waals surface area contributed by atoms with Gasteiger partial charge in [-0.3, -0.25) is 9.59 Å². The van der Waals surface area contributed by atoms with Gasteiger partial charge in [0, 0.05) is 13.6 Å². The number of rotatable bonds is 8. The Morgan fingerprint density at radius 3 is 2.61 bits per heavy atom. The number of imidazole rings is 1. The van der Waals surface area contributed by atoms with Crippen LogP contribution >= 0.6 is 11.8 Å². The number of likely N-dealkylation sites (tertiary alicyclic amines) is 1. The van der Waals surface area contributed by atoms with Crippen LogP contribution in [0.5, 0.6) is 5.75 Å². The average Bonchev–Trinajstić information content (AvgIpc) is 3.53. The van der Waals surface area contributed by atoms with Crippen molar-refractivity contribution < 1.29 is 14.3 Å². The van der Waals surface area contributed by atoms with Gasteiger partial charge in [-0.2, -0.15) is 0 Å². The number of aromatic nitrogens is 2. The number of carbonyl (C=O) groups excluding carboxylic acids is 2. The minimum absolute atomic E-state index is 0.0571. The van der Waals surface area contributed by atoms with E-state index < -0.39 is 6.04 Å². The van der Waals surface area contributed by atoms with Crippen molar-refractivity contribution in [2.75, 3.05) is 17.6 Å². The van der Waals surface area contributed by atoms with Gasteiger partial charge >= 0.3 is 0 Å². The molecule has 0 saturated carbocycles. The summed E-state index contributed by atoms with van der Waals surface area (Å²) in [5, 5.41) is 3.78. The van der Waals surface area contributed by atoms with Crippen molar-refractivity contribution in [3.63, 3.8) is 0 Å². The fourth-order valence-electron chi connectivity index (χ4n) is 4.45. The predicted molar refractivity (Wildman–Crippen MR) is 142 cm³/mol. The molecule has 0 aliphatic carbocycles. The second-order valence-electron chi connectivity index (χ2n) is 8.74. The first-order chi connectivity index (χ1) is 17.6. The molecule has 36 heavy (non-hydrogen) atoms. The van der Waals surface area contributed by atoms with Gasteiger partial charge in [-0.1, -0.05) is 66.4 Å². The first-order valence-corrected chi connectivity index (χ1v) is 13.0. The zero-order valence-electron chi connectivity index (χ0n) is 20.1. The van der Waals surface area contributed by atoms with Crippen LogP contribution < -0.4 is 10.1 Å². The number of nitrogens with zero attached hydrogens (tertiary/aromatic N) is 3. The zero-order valence-corrected chi connectivity index (χ0v) is 20.9. The molecule has 0 spiro atoms. The number of benzene rings is 3. The highest BCUT2D eigenvalue weighted by Gasteiger charge is 2.34. The number of nitrogens with one attached hydrogen (secondary N) is 1. The minimum atomic E-state index is -0.499. The fraction of sp³-hybridized carbons (Fsp3) is 0.250. The molecular weight excluding hydrogens is 472 g/mol. The third kappa shape index (κ3) is 5.23. The minimum Gasteiger partial charge on any atom is -0.487 e. The lowest BCUT2D eigenvalue weighted by molar-refractivity contribution is -0.134. The maximum absolute atomic E-state index is 13.2. The number of thioether (sulfide) groups is 1. The number of amides is 2. The van der Waals surface area contributed by atoms with Crippen molar-refractivity contribution in [2.45, 2.75) is 30.6 Å². The van der Waals surface area contributed by atoms with Crippen molar-refractivity contribution in [1.29, 1.82) is 0 Å². The molecule has 1 aliphatic heterocycles. The lowest BCUT2D eigenvalue weighted by Gasteiger charge is -2.24. The summed E-state index contributed by atoms with van der Waals surface area (Å²) in [6.07, 6.45) is 1.44. The standard InChI is InChI=1S/C28H28N4O3S/c1-31-23-14-7-5-12-21(23)30-28(31)36-19-26(33)32-17-9-15-24(32)27(34)29-22-13-6-8-16-25(22)35-18-20-10-3-2-4-11-20/h2-8,10-14,16,24H,9,15,17-19H2,1H3,(H,29,34)/t24-/m0/s1. The van der Waals surface area contributed by atoms with Gasteiger partial charge in [0.1, 0.15) is 18.4 Å². The molecule has 7 nitrogen and oxygen atoms in total. The quantitative estimate of drug-likeness (QED) is 0.349. The highest BCUT2D eigenvalue weighted by Crippen LogP contribution is 2.28. The number of hydrogen-bond acceptors (Lipinski definition) is 5. The van der Waals surface area contributed by atoms with E-state index in [9.17, 15) is 9.59 Å². The molecule has 1 fully saturated rings. The molecule has 1 atom stereocenters. The highest BCUT2D eigenvalue weighted by atomic mass is 32.2. The summed E-state index contributed by atoms with van der Waals surface area (Å²) >= 11 is 1.40. The monoisotopic (exact) mass is 500 g/mol. The molecular formula is C28H28N4O3S. The molecule has 0 radical (unpaired) electrons. The maximum Gasteiger partial charge on any atom is 0.247 e. The Balaban J connectivity index is 1.21. The van der Waals surface area contributed by atoms with Crippen LogP contribution in [0, 0.1) is 0 Å². The second-order valence-corrected chi connectivity index (χ2v) is 9.68. The summed E-state index contributed by atoms with van der Waals surface area (Å²) in [5.41, 5.74) is 3.58. The van der Waals surface area contributed by atoms with E-state index in [1.807, 2.05) is 90.5 Å². The Morgan fingerprint density at radius 1 is 1.03 bits per heavy atom. The van der Waals surface area contributed by atoms with E-state index in [1.165, 1.54) is 11.8 Å². The van der Waals surface area contributed by atoms with Gasteiger partial charge in [-0.05, 0) is 42.7 Å². The highest BCUT2D eigenvalue weighted by molar-refractivity contribution is 7.99. The van der Waals surface area contributed by atoms with E-state index in [1.54, 1.807) is 4.90 Å². The Hall–Kier alpha value is -3.78. The van der Waals surface area contributed by atoms with E-state index in [2.05, 4.69) is 10.3 Å². The lowest BCUT2D eigenvalue weighted by Crippen LogP contribution is -2.44. The van der Waals surface area contributed by atoms with E-state index in [-0.39, 0.29) is 17.6 Å². The van der Waals surface area contributed by atoms with Crippen LogP contribution in [0.25, 0.3) is 11.0 Å². The topological polar surface area (TPSA) is 76.5 Å². The molecule has 1 aromatic heterocycles. The average molecular weight is 501 g/mol. The molecule has 0 unspecified atom stereocenters. The molecule has 3 aromatic carbocycles. The van der Waals surface area contributed by atoms with Crippen molar-refractivity contribution in [3.05, 3.63) is 84.4 Å². The Bertz CT molecular complexity index is 1370. The molecule has 4 aromatic rings. The van der Waals surface area contributed by atoms with Crippen LogP contribution in [0.2, 0.25) is 0 Å². The fourth-order valence-corrected chi connectivity index (χ4v) is 5.32. The van der Waals surface area contributed by atoms with Gasteiger partial charge in [-0.15, -0.1) is 0 Å². The molecule has 8 heteroatoms. The first-order valence-electron chi connectivity index (χ1n) is 12.0.